The maximum absolute atomic E-state index is 6.71. The predicted molar refractivity (Wildman–Crippen MR) is 167 cm³/mol. The largest absolute Gasteiger partial charge is 0.456 e. The molecule has 5 aromatic carbocycles. The van der Waals surface area contributed by atoms with Crippen LogP contribution in [0.25, 0.3) is 77.6 Å². The Bertz CT molecular complexity index is 2340. The second-order valence-corrected chi connectivity index (χ2v) is 11.5. The SMILES string of the molecule is CC1(C)c2ccccc2-c2ccc3c(oc4cc(-c5nc(-c6ccccc6)c6c(n5)[nH]c5ccccc56)ccc43)c21. The Morgan fingerprint density at radius 1 is 0.659 bits per heavy atom. The van der Waals surface area contributed by atoms with Crippen LogP contribution < -0.4 is 0 Å². The normalized spacial score (nSPS) is 13.8. The van der Waals surface area contributed by atoms with Crippen LogP contribution in [0.4, 0.5) is 0 Å². The lowest BCUT2D eigenvalue weighted by Gasteiger charge is -2.21. The summed E-state index contributed by atoms with van der Waals surface area (Å²) in [6.45, 7) is 4.59. The van der Waals surface area contributed by atoms with Gasteiger partial charge >= 0.3 is 0 Å². The highest BCUT2D eigenvalue weighted by Crippen LogP contribution is 2.52. The molecular weight excluding hydrogens is 502 g/mol. The smallest absolute Gasteiger partial charge is 0.162 e. The summed E-state index contributed by atoms with van der Waals surface area (Å²) in [5.74, 6) is 0.670. The molecular formula is C37H25N3O. The first-order valence-corrected chi connectivity index (χ1v) is 14.0. The molecule has 3 heterocycles. The minimum Gasteiger partial charge on any atom is -0.456 e. The van der Waals surface area contributed by atoms with Crippen molar-refractivity contribution in [1.82, 2.24) is 15.0 Å². The standard InChI is InChI=1S/C37H25N3O/c1-37(2)28-14-8-6-12-23(28)25-18-19-26-24-17-16-22(20-30(24)41-34(26)32(25)37)35-39-33(21-10-4-3-5-11-21)31-27-13-7-9-15-29(27)38-36(31)40-35/h3-20H,1-2H3,(H,38,39,40). The number of hydrogen-bond donors (Lipinski definition) is 1. The summed E-state index contributed by atoms with van der Waals surface area (Å²) in [6.07, 6.45) is 0. The predicted octanol–water partition coefficient (Wildman–Crippen LogP) is 9.65. The van der Waals surface area contributed by atoms with Crippen molar-refractivity contribution >= 4 is 43.9 Å². The van der Waals surface area contributed by atoms with Gasteiger partial charge in [0.2, 0.25) is 0 Å². The summed E-state index contributed by atoms with van der Waals surface area (Å²) in [7, 11) is 0. The second kappa shape index (κ2) is 7.92. The van der Waals surface area contributed by atoms with E-state index in [1.54, 1.807) is 0 Å². The number of furan rings is 1. The molecule has 0 saturated heterocycles. The number of aromatic amines is 1. The van der Waals surface area contributed by atoms with Crippen LogP contribution in [0.3, 0.4) is 0 Å². The van der Waals surface area contributed by atoms with Gasteiger partial charge in [0, 0.05) is 43.8 Å². The fourth-order valence-corrected chi connectivity index (χ4v) is 6.90. The van der Waals surface area contributed by atoms with Crippen molar-refractivity contribution in [2.75, 3.05) is 0 Å². The highest BCUT2D eigenvalue weighted by atomic mass is 16.3. The molecule has 9 rings (SSSR count). The Morgan fingerprint density at radius 2 is 1.44 bits per heavy atom. The van der Waals surface area contributed by atoms with Crippen LogP contribution in [0.5, 0.6) is 0 Å². The van der Waals surface area contributed by atoms with Crippen LogP contribution in [-0.4, -0.2) is 15.0 Å². The number of benzene rings is 5. The molecule has 0 saturated carbocycles. The zero-order chi connectivity index (χ0) is 27.3. The lowest BCUT2D eigenvalue weighted by Crippen LogP contribution is -2.15. The zero-order valence-electron chi connectivity index (χ0n) is 22.7. The first kappa shape index (κ1) is 22.6. The molecule has 0 spiro atoms. The van der Waals surface area contributed by atoms with E-state index in [0.717, 1.165) is 60.7 Å². The molecule has 0 unspecified atom stereocenters. The van der Waals surface area contributed by atoms with Crippen molar-refractivity contribution in [3.63, 3.8) is 0 Å². The maximum Gasteiger partial charge on any atom is 0.162 e. The first-order valence-electron chi connectivity index (χ1n) is 14.0. The topological polar surface area (TPSA) is 54.7 Å². The average molecular weight is 528 g/mol. The lowest BCUT2D eigenvalue weighted by molar-refractivity contribution is 0.620. The minimum atomic E-state index is -0.142. The first-order chi connectivity index (χ1) is 20.1. The third-order valence-corrected chi connectivity index (χ3v) is 8.82. The molecule has 4 nitrogen and oxygen atoms in total. The van der Waals surface area contributed by atoms with Crippen LogP contribution in [-0.2, 0) is 5.41 Å². The highest BCUT2D eigenvalue weighted by Gasteiger charge is 2.38. The third-order valence-electron chi connectivity index (χ3n) is 8.82. The Balaban J connectivity index is 1.28. The van der Waals surface area contributed by atoms with Crippen molar-refractivity contribution in [3.8, 4) is 33.8 Å². The Kier molecular flexibility index (Phi) is 4.36. The van der Waals surface area contributed by atoms with Gasteiger partial charge in [-0.05, 0) is 41.0 Å². The molecule has 0 fully saturated rings. The van der Waals surface area contributed by atoms with E-state index in [1.165, 1.54) is 22.3 Å². The summed E-state index contributed by atoms with van der Waals surface area (Å²) < 4.78 is 6.71. The summed E-state index contributed by atoms with van der Waals surface area (Å²) in [6, 6.07) is 38.2. The molecule has 0 bridgehead atoms. The molecule has 41 heavy (non-hydrogen) atoms. The summed E-state index contributed by atoms with van der Waals surface area (Å²) >= 11 is 0. The number of fused-ring (bicyclic) bond motifs is 10. The van der Waals surface area contributed by atoms with Crippen molar-refractivity contribution in [3.05, 3.63) is 120 Å². The molecule has 1 aliphatic carbocycles. The number of hydrogen-bond acceptors (Lipinski definition) is 3. The van der Waals surface area contributed by atoms with Crippen LogP contribution in [0.15, 0.2) is 114 Å². The third kappa shape index (κ3) is 3.05. The number of nitrogens with zero attached hydrogens (tertiary/aromatic N) is 2. The quantitative estimate of drug-likeness (QED) is 0.243. The molecule has 4 heteroatoms. The lowest BCUT2D eigenvalue weighted by atomic mass is 9.82. The van der Waals surface area contributed by atoms with E-state index in [4.69, 9.17) is 14.4 Å². The van der Waals surface area contributed by atoms with Gasteiger partial charge in [0.05, 0.1) is 11.1 Å². The van der Waals surface area contributed by atoms with E-state index in [-0.39, 0.29) is 5.41 Å². The van der Waals surface area contributed by atoms with Crippen LogP contribution in [0.2, 0.25) is 0 Å². The zero-order valence-corrected chi connectivity index (χ0v) is 22.7. The van der Waals surface area contributed by atoms with Gasteiger partial charge in [0.1, 0.15) is 16.8 Å². The van der Waals surface area contributed by atoms with E-state index in [0.29, 0.717) is 5.82 Å². The van der Waals surface area contributed by atoms with Crippen LogP contribution >= 0.6 is 0 Å². The van der Waals surface area contributed by atoms with Gasteiger partial charge in [-0.3, -0.25) is 0 Å². The molecule has 1 aliphatic rings. The van der Waals surface area contributed by atoms with E-state index in [9.17, 15) is 0 Å². The van der Waals surface area contributed by atoms with Gasteiger partial charge in [-0.15, -0.1) is 0 Å². The molecule has 0 atom stereocenters. The van der Waals surface area contributed by atoms with Crippen molar-refractivity contribution in [1.29, 1.82) is 0 Å². The number of H-pyrrole nitrogens is 1. The molecule has 0 radical (unpaired) electrons. The summed E-state index contributed by atoms with van der Waals surface area (Å²) in [5, 5.41) is 4.41. The van der Waals surface area contributed by atoms with Gasteiger partial charge in [0.15, 0.2) is 5.82 Å². The second-order valence-electron chi connectivity index (χ2n) is 11.5. The Morgan fingerprint density at radius 3 is 2.34 bits per heavy atom. The van der Waals surface area contributed by atoms with Crippen molar-refractivity contribution in [2.45, 2.75) is 19.3 Å². The molecule has 1 N–H and O–H groups in total. The molecule has 0 amide bonds. The molecule has 0 aliphatic heterocycles. The van der Waals surface area contributed by atoms with Crippen molar-refractivity contribution < 1.29 is 4.42 Å². The summed E-state index contributed by atoms with van der Waals surface area (Å²) in [4.78, 5) is 13.7. The van der Waals surface area contributed by atoms with Gasteiger partial charge in [-0.1, -0.05) is 98.8 Å². The number of aromatic nitrogens is 3. The van der Waals surface area contributed by atoms with E-state index >= 15 is 0 Å². The number of para-hydroxylation sites is 1. The molecule has 8 aromatic rings. The van der Waals surface area contributed by atoms with Crippen LogP contribution in [0, 0.1) is 0 Å². The van der Waals surface area contributed by atoms with Crippen molar-refractivity contribution in [2.24, 2.45) is 0 Å². The molecule has 194 valence electrons. The monoisotopic (exact) mass is 527 g/mol. The number of rotatable bonds is 2. The fraction of sp³-hybridized carbons (Fsp3) is 0.0811. The Hall–Kier alpha value is -5.22. The fourth-order valence-electron chi connectivity index (χ4n) is 6.90. The summed E-state index contributed by atoms with van der Waals surface area (Å²) in [5.41, 5.74) is 11.6. The van der Waals surface area contributed by atoms with Gasteiger partial charge in [-0.2, -0.15) is 0 Å². The van der Waals surface area contributed by atoms with E-state index in [2.05, 4.69) is 116 Å². The van der Waals surface area contributed by atoms with Gasteiger partial charge in [-0.25, -0.2) is 9.97 Å². The molecule has 3 aromatic heterocycles. The Labute approximate surface area is 236 Å². The maximum atomic E-state index is 6.71. The van der Waals surface area contributed by atoms with E-state index < -0.39 is 0 Å². The van der Waals surface area contributed by atoms with Crippen LogP contribution in [0.1, 0.15) is 25.0 Å². The highest BCUT2D eigenvalue weighted by molar-refractivity contribution is 6.13. The van der Waals surface area contributed by atoms with E-state index in [1.807, 2.05) is 12.1 Å². The minimum absolute atomic E-state index is 0.142. The number of nitrogens with one attached hydrogen (secondary N) is 1. The van der Waals surface area contributed by atoms with Gasteiger partial charge in [0.25, 0.3) is 0 Å². The van der Waals surface area contributed by atoms with Gasteiger partial charge < -0.3 is 9.40 Å². The average Bonchev–Trinajstić information content (AvgIpc) is 3.64.